The van der Waals surface area contributed by atoms with Crippen LogP contribution in [0.4, 0.5) is 18.9 Å². The van der Waals surface area contributed by atoms with Gasteiger partial charge in [-0.25, -0.2) is 4.98 Å². The van der Waals surface area contributed by atoms with Gasteiger partial charge in [-0.3, -0.25) is 9.78 Å². The lowest BCUT2D eigenvalue weighted by Crippen LogP contribution is -2.16. The SMILES string of the molecule is Cc1cc(Cl)cc(C)c1NC(=O)c1cncc(-c2ccc(C(F)(F)F)cc2)n1. The average molecular weight is 406 g/mol. The van der Waals surface area contributed by atoms with Crippen LogP contribution in [0.3, 0.4) is 0 Å². The Hall–Kier alpha value is -2.93. The number of nitrogens with zero attached hydrogens (tertiary/aromatic N) is 2. The van der Waals surface area contributed by atoms with Gasteiger partial charge < -0.3 is 5.32 Å². The summed E-state index contributed by atoms with van der Waals surface area (Å²) in [4.78, 5) is 20.8. The van der Waals surface area contributed by atoms with Gasteiger partial charge in [0, 0.05) is 16.3 Å². The van der Waals surface area contributed by atoms with Gasteiger partial charge in [-0.05, 0) is 49.2 Å². The first-order valence-electron chi connectivity index (χ1n) is 8.23. The smallest absolute Gasteiger partial charge is 0.320 e. The summed E-state index contributed by atoms with van der Waals surface area (Å²) < 4.78 is 38.1. The molecule has 1 N–H and O–H groups in total. The molecule has 0 aliphatic heterocycles. The van der Waals surface area contributed by atoms with Crippen LogP contribution >= 0.6 is 11.6 Å². The normalized spacial score (nSPS) is 11.4. The Labute approximate surface area is 164 Å². The monoisotopic (exact) mass is 405 g/mol. The number of carbonyl (C=O) groups excluding carboxylic acids is 1. The van der Waals surface area contributed by atoms with Crippen molar-refractivity contribution in [3.05, 3.63) is 76.2 Å². The van der Waals surface area contributed by atoms with Crippen molar-refractivity contribution in [3.63, 3.8) is 0 Å². The van der Waals surface area contributed by atoms with E-state index < -0.39 is 17.6 Å². The molecule has 0 saturated carbocycles. The van der Waals surface area contributed by atoms with Crippen molar-refractivity contribution in [1.82, 2.24) is 9.97 Å². The third-order valence-corrected chi connectivity index (χ3v) is 4.33. The van der Waals surface area contributed by atoms with Crippen LogP contribution in [0.15, 0.2) is 48.8 Å². The van der Waals surface area contributed by atoms with E-state index in [1.54, 1.807) is 12.1 Å². The second-order valence-electron chi connectivity index (χ2n) is 6.23. The molecule has 0 spiro atoms. The zero-order chi connectivity index (χ0) is 20.5. The fourth-order valence-corrected chi connectivity index (χ4v) is 3.06. The van der Waals surface area contributed by atoms with Crippen molar-refractivity contribution in [1.29, 1.82) is 0 Å². The Bertz CT molecular complexity index is 1010. The van der Waals surface area contributed by atoms with E-state index in [2.05, 4.69) is 15.3 Å². The van der Waals surface area contributed by atoms with Gasteiger partial charge in [0.1, 0.15) is 5.69 Å². The standard InChI is InChI=1S/C20H15ClF3N3O/c1-11-7-15(21)8-12(2)18(11)27-19(28)17-10-25-9-16(26-17)13-3-5-14(6-4-13)20(22,23)24/h3-10H,1-2H3,(H,27,28). The van der Waals surface area contributed by atoms with Crippen molar-refractivity contribution >= 4 is 23.2 Å². The van der Waals surface area contributed by atoms with Gasteiger partial charge in [-0.15, -0.1) is 0 Å². The highest BCUT2D eigenvalue weighted by atomic mass is 35.5. The van der Waals surface area contributed by atoms with Crippen LogP contribution in [0.25, 0.3) is 11.3 Å². The number of hydrogen-bond donors (Lipinski definition) is 1. The zero-order valence-electron chi connectivity index (χ0n) is 14.9. The summed E-state index contributed by atoms with van der Waals surface area (Å²) in [5.41, 5.74) is 2.23. The average Bonchev–Trinajstić information content (AvgIpc) is 2.64. The molecule has 3 aromatic rings. The van der Waals surface area contributed by atoms with Crippen LogP contribution in [0.1, 0.15) is 27.2 Å². The maximum absolute atomic E-state index is 12.7. The van der Waals surface area contributed by atoms with Gasteiger partial charge >= 0.3 is 6.18 Å². The predicted molar refractivity (Wildman–Crippen MR) is 101 cm³/mol. The third-order valence-electron chi connectivity index (χ3n) is 4.11. The minimum atomic E-state index is -4.42. The number of anilines is 1. The molecular formula is C20H15ClF3N3O. The lowest BCUT2D eigenvalue weighted by molar-refractivity contribution is -0.137. The molecule has 144 valence electrons. The van der Waals surface area contributed by atoms with Crippen molar-refractivity contribution in [2.24, 2.45) is 0 Å². The molecule has 0 aliphatic carbocycles. The Kier molecular flexibility index (Phi) is 5.38. The topological polar surface area (TPSA) is 54.9 Å². The van der Waals surface area contributed by atoms with Gasteiger partial charge in [0.05, 0.1) is 23.7 Å². The largest absolute Gasteiger partial charge is 0.416 e. The number of carbonyl (C=O) groups is 1. The van der Waals surface area contributed by atoms with E-state index in [0.29, 0.717) is 22.0 Å². The van der Waals surface area contributed by atoms with Gasteiger partial charge in [0.2, 0.25) is 0 Å². The van der Waals surface area contributed by atoms with Crippen LogP contribution < -0.4 is 5.32 Å². The van der Waals surface area contributed by atoms with E-state index in [4.69, 9.17) is 11.6 Å². The summed E-state index contributed by atoms with van der Waals surface area (Å²) in [7, 11) is 0. The number of hydrogen-bond acceptors (Lipinski definition) is 3. The first-order chi connectivity index (χ1) is 13.1. The molecule has 0 aliphatic rings. The Morgan fingerprint density at radius 2 is 1.64 bits per heavy atom. The van der Waals surface area contributed by atoms with Crippen molar-refractivity contribution in [2.75, 3.05) is 5.32 Å². The highest BCUT2D eigenvalue weighted by Gasteiger charge is 2.30. The molecule has 0 atom stereocenters. The molecule has 8 heteroatoms. The van der Waals surface area contributed by atoms with E-state index in [-0.39, 0.29) is 5.69 Å². The molecule has 3 rings (SSSR count). The van der Waals surface area contributed by atoms with Crippen molar-refractivity contribution < 1.29 is 18.0 Å². The number of aryl methyl sites for hydroxylation is 2. The summed E-state index contributed by atoms with van der Waals surface area (Å²) in [5, 5.41) is 3.35. The summed E-state index contributed by atoms with van der Waals surface area (Å²) in [5.74, 6) is -0.477. The van der Waals surface area contributed by atoms with Gasteiger partial charge in [-0.1, -0.05) is 23.7 Å². The van der Waals surface area contributed by atoms with Crippen molar-refractivity contribution in [2.45, 2.75) is 20.0 Å². The maximum atomic E-state index is 12.7. The fourth-order valence-electron chi connectivity index (χ4n) is 2.73. The van der Waals surface area contributed by atoms with Crippen LogP contribution in [0.2, 0.25) is 5.02 Å². The van der Waals surface area contributed by atoms with E-state index in [9.17, 15) is 18.0 Å². The molecule has 0 radical (unpaired) electrons. The summed E-state index contributed by atoms with van der Waals surface area (Å²) in [6, 6.07) is 7.97. The highest BCUT2D eigenvalue weighted by molar-refractivity contribution is 6.30. The maximum Gasteiger partial charge on any atom is 0.416 e. The number of benzene rings is 2. The quantitative estimate of drug-likeness (QED) is 0.609. The first kappa shape index (κ1) is 19.8. The molecule has 28 heavy (non-hydrogen) atoms. The number of amides is 1. The highest BCUT2D eigenvalue weighted by Crippen LogP contribution is 2.30. The molecule has 0 bridgehead atoms. The van der Waals surface area contributed by atoms with Crippen LogP contribution in [0.5, 0.6) is 0 Å². The van der Waals surface area contributed by atoms with Crippen LogP contribution in [0, 0.1) is 13.8 Å². The molecule has 0 unspecified atom stereocenters. The second kappa shape index (κ2) is 7.59. The minimum Gasteiger partial charge on any atom is -0.320 e. The lowest BCUT2D eigenvalue weighted by atomic mass is 10.1. The molecule has 0 saturated heterocycles. The van der Waals surface area contributed by atoms with Gasteiger partial charge in [-0.2, -0.15) is 13.2 Å². The number of halogens is 4. The summed E-state index contributed by atoms with van der Waals surface area (Å²) in [6.45, 7) is 3.64. The van der Waals surface area contributed by atoms with Gasteiger partial charge in [0.25, 0.3) is 5.91 Å². The fraction of sp³-hybridized carbons (Fsp3) is 0.150. The summed E-state index contributed by atoms with van der Waals surface area (Å²) in [6.07, 6.45) is -1.73. The second-order valence-corrected chi connectivity index (χ2v) is 6.67. The van der Waals surface area contributed by atoms with E-state index >= 15 is 0 Å². The molecule has 0 fully saturated rings. The number of aromatic nitrogens is 2. The molecule has 4 nitrogen and oxygen atoms in total. The number of rotatable bonds is 3. The zero-order valence-corrected chi connectivity index (χ0v) is 15.7. The minimum absolute atomic E-state index is 0.0474. The lowest BCUT2D eigenvalue weighted by Gasteiger charge is -2.12. The van der Waals surface area contributed by atoms with Crippen LogP contribution in [-0.2, 0) is 6.18 Å². The van der Waals surface area contributed by atoms with E-state index in [1.165, 1.54) is 24.5 Å². The Morgan fingerprint density at radius 3 is 2.21 bits per heavy atom. The van der Waals surface area contributed by atoms with Crippen LogP contribution in [-0.4, -0.2) is 15.9 Å². The molecule has 1 aromatic heterocycles. The predicted octanol–water partition coefficient (Wildman–Crippen LogP) is 5.68. The van der Waals surface area contributed by atoms with E-state index in [0.717, 1.165) is 23.3 Å². The molecule has 2 aromatic carbocycles. The Morgan fingerprint density at radius 1 is 1.04 bits per heavy atom. The van der Waals surface area contributed by atoms with Gasteiger partial charge in [0.15, 0.2) is 0 Å². The summed E-state index contributed by atoms with van der Waals surface area (Å²) >= 11 is 6.00. The third kappa shape index (κ3) is 4.31. The molecule has 1 heterocycles. The molecule has 1 amide bonds. The number of alkyl halides is 3. The first-order valence-corrected chi connectivity index (χ1v) is 8.61. The van der Waals surface area contributed by atoms with E-state index in [1.807, 2.05) is 13.8 Å². The Balaban J connectivity index is 1.86. The molecular weight excluding hydrogens is 391 g/mol. The van der Waals surface area contributed by atoms with Crippen molar-refractivity contribution in [3.8, 4) is 11.3 Å². The number of nitrogens with one attached hydrogen (secondary N) is 1.